The number of halogens is 4. The Balaban J connectivity index is 1.73. The van der Waals surface area contributed by atoms with Crippen LogP contribution in [0.3, 0.4) is 0 Å². The van der Waals surface area contributed by atoms with Crippen molar-refractivity contribution in [1.29, 1.82) is 0 Å². The van der Waals surface area contributed by atoms with Crippen LogP contribution < -0.4 is 5.32 Å². The van der Waals surface area contributed by atoms with Gasteiger partial charge in [0.15, 0.2) is 0 Å². The molecule has 0 unspecified atom stereocenters. The Morgan fingerprint density at radius 3 is 2.56 bits per heavy atom. The van der Waals surface area contributed by atoms with E-state index in [-0.39, 0.29) is 5.02 Å². The molecule has 0 bridgehead atoms. The average Bonchev–Trinajstić information content (AvgIpc) is 3.04. The van der Waals surface area contributed by atoms with Crippen molar-refractivity contribution < 1.29 is 18.0 Å². The van der Waals surface area contributed by atoms with E-state index in [1.54, 1.807) is 12.1 Å². The summed E-state index contributed by atoms with van der Waals surface area (Å²) in [6, 6.07) is 10.5. The van der Waals surface area contributed by atoms with Gasteiger partial charge >= 0.3 is 6.18 Å². The molecule has 27 heavy (non-hydrogen) atoms. The second-order valence-electron chi connectivity index (χ2n) is 5.75. The smallest absolute Gasteiger partial charge is 0.324 e. The molecule has 1 N–H and O–H groups in total. The highest BCUT2D eigenvalue weighted by molar-refractivity contribution is 6.30. The van der Waals surface area contributed by atoms with Crippen LogP contribution in [0.5, 0.6) is 0 Å². The molecule has 0 saturated carbocycles. The van der Waals surface area contributed by atoms with Crippen molar-refractivity contribution in [2.45, 2.75) is 19.6 Å². The first-order valence-corrected chi connectivity index (χ1v) is 8.11. The zero-order valence-electron chi connectivity index (χ0n) is 14.0. The van der Waals surface area contributed by atoms with Crippen molar-refractivity contribution in [3.8, 4) is 11.4 Å². The van der Waals surface area contributed by atoms with E-state index in [2.05, 4.69) is 20.7 Å². The van der Waals surface area contributed by atoms with E-state index in [0.717, 1.165) is 22.5 Å². The molecule has 0 aliphatic heterocycles. The Bertz CT molecular complexity index is 969. The third-order valence-corrected chi connectivity index (χ3v) is 3.84. The van der Waals surface area contributed by atoms with E-state index in [1.807, 2.05) is 19.1 Å². The maximum absolute atomic E-state index is 13.1. The molecule has 0 radical (unpaired) electrons. The number of benzene rings is 2. The largest absolute Gasteiger partial charge is 0.418 e. The fraction of sp³-hybridized carbons (Fsp3) is 0.176. The van der Waals surface area contributed by atoms with Gasteiger partial charge < -0.3 is 5.32 Å². The van der Waals surface area contributed by atoms with Gasteiger partial charge in [0.1, 0.15) is 6.54 Å². The first-order valence-electron chi connectivity index (χ1n) is 7.74. The summed E-state index contributed by atoms with van der Waals surface area (Å²) in [7, 11) is 0. The summed E-state index contributed by atoms with van der Waals surface area (Å²) in [4.78, 5) is 13.1. The fourth-order valence-corrected chi connectivity index (χ4v) is 2.48. The summed E-state index contributed by atoms with van der Waals surface area (Å²) < 4.78 is 39.2. The Labute approximate surface area is 157 Å². The van der Waals surface area contributed by atoms with Crippen LogP contribution in [0.4, 0.5) is 18.9 Å². The number of nitrogens with one attached hydrogen (secondary N) is 1. The monoisotopic (exact) mass is 395 g/mol. The van der Waals surface area contributed by atoms with Crippen LogP contribution >= 0.6 is 11.6 Å². The Hall–Kier alpha value is -2.94. The molecule has 2 aromatic carbocycles. The standard InChI is InChI=1S/C17H13ClF3N5O/c1-10-2-4-11(5-3-10)16-23-25-26(24-16)9-15(27)22-14-7-6-12(18)8-13(14)17(19,20)21/h2-8H,9H2,1H3,(H,22,27). The molecule has 3 aromatic rings. The minimum absolute atomic E-state index is 0.0824. The molecule has 0 fully saturated rings. The van der Waals surface area contributed by atoms with E-state index in [4.69, 9.17) is 11.6 Å². The van der Waals surface area contributed by atoms with Gasteiger partial charge in [0.2, 0.25) is 11.7 Å². The Morgan fingerprint density at radius 2 is 1.89 bits per heavy atom. The molecule has 6 nitrogen and oxygen atoms in total. The van der Waals surface area contributed by atoms with Gasteiger partial charge in [0.25, 0.3) is 0 Å². The summed E-state index contributed by atoms with van der Waals surface area (Å²) in [6.07, 6.45) is -4.66. The van der Waals surface area contributed by atoms with Crippen LogP contribution in [-0.4, -0.2) is 26.1 Å². The molecule has 140 valence electrons. The van der Waals surface area contributed by atoms with Gasteiger partial charge in [-0.1, -0.05) is 41.4 Å². The summed E-state index contributed by atoms with van der Waals surface area (Å²) in [5, 5.41) is 13.8. The number of alkyl halides is 3. The highest BCUT2D eigenvalue weighted by Gasteiger charge is 2.34. The zero-order chi connectivity index (χ0) is 19.6. The van der Waals surface area contributed by atoms with Gasteiger partial charge in [0.05, 0.1) is 11.3 Å². The van der Waals surface area contributed by atoms with Gasteiger partial charge in [-0.3, -0.25) is 4.79 Å². The average molecular weight is 396 g/mol. The number of amides is 1. The maximum atomic E-state index is 13.1. The second-order valence-corrected chi connectivity index (χ2v) is 6.18. The van der Waals surface area contributed by atoms with Crippen LogP contribution in [0.25, 0.3) is 11.4 Å². The van der Waals surface area contributed by atoms with Crippen molar-refractivity contribution in [1.82, 2.24) is 20.2 Å². The predicted octanol–water partition coefficient (Wildman–Crippen LogP) is 3.96. The molecule has 0 atom stereocenters. The number of carbonyl (C=O) groups is 1. The quantitative estimate of drug-likeness (QED) is 0.725. The predicted molar refractivity (Wildman–Crippen MR) is 93.1 cm³/mol. The number of aryl methyl sites for hydroxylation is 1. The number of hydrogen-bond donors (Lipinski definition) is 1. The summed E-state index contributed by atoms with van der Waals surface area (Å²) in [5.74, 6) is -0.416. The Morgan fingerprint density at radius 1 is 1.19 bits per heavy atom. The zero-order valence-corrected chi connectivity index (χ0v) is 14.7. The SMILES string of the molecule is Cc1ccc(-c2nnn(CC(=O)Nc3ccc(Cl)cc3C(F)(F)F)n2)cc1. The molecule has 0 aliphatic rings. The maximum Gasteiger partial charge on any atom is 0.418 e. The minimum atomic E-state index is -4.66. The molecule has 1 amide bonds. The highest BCUT2D eigenvalue weighted by atomic mass is 35.5. The van der Waals surface area contributed by atoms with Gasteiger partial charge in [-0.2, -0.15) is 18.0 Å². The van der Waals surface area contributed by atoms with Crippen LogP contribution in [0.1, 0.15) is 11.1 Å². The molecule has 1 aromatic heterocycles. The van der Waals surface area contributed by atoms with Crippen LogP contribution in [0.2, 0.25) is 5.02 Å². The topological polar surface area (TPSA) is 72.7 Å². The van der Waals surface area contributed by atoms with Gasteiger partial charge in [-0.25, -0.2) is 0 Å². The normalized spacial score (nSPS) is 11.4. The summed E-state index contributed by atoms with van der Waals surface area (Å²) >= 11 is 5.61. The molecule has 0 spiro atoms. The first-order chi connectivity index (χ1) is 12.7. The molecular formula is C17H13ClF3N5O. The molecule has 10 heteroatoms. The van der Waals surface area contributed by atoms with Crippen molar-refractivity contribution in [2.24, 2.45) is 0 Å². The number of rotatable bonds is 4. The van der Waals surface area contributed by atoms with Gasteiger partial charge in [-0.05, 0) is 30.3 Å². The lowest BCUT2D eigenvalue weighted by atomic mass is 10.1. The lowest BCUT2D eigenvalue weighted by molar-refractivity contribution is -0.137. The lowest BCUT2D eigenvalue weighted by Gasteiger charge is -2.13. The highest BCUT2D eigenvalue weighted by Crippen LogP contribution is 2.36. The van der Waals surface area contributed by atoms with Crippen LogP contribution in [0, 0.1) is 6.92 Å². The molecule has 3 rings (SSSR count). The van der Waals surface area contributed by atoms with Crippen molar-refractivity contribution in [3.63, 3.8) is 0 Å². The summed E-state index contributed by atoms with van der Waals surface area (Å²) in [5.41, 5.74) is 0.351. The van der Waals surface area contributed by atoms with Crippen LogP contribution in [-0.2, 0) is 17.5 Å². The first kappa shape index (κ1) is 18.8. The van der Waals surface area contributed by atoms with Crippen molar-refractivity contribution in [2.75, 3.05) is 5.32 Å². The number of anilines is 1. The number of carbonyl (C=O) groups excluding carboxylic acids is 1. The van der Waals surface area contributed by atoms with Gasteiger partial charge in [-0.15, -0.1) is 10.2 Å². The molecular weight excluding hydrogens is 383 g/mol. The number of aromatic nitrogens is 4. The van der Waals surface area contributed by atoms with E-state index in [1.165, 1.54) is 6.07 Å². The van der Waals surface area contributed by atoms with Crippen molar-refractivity contribution >= 4 is 23.2 Å². The van der Waals surface area contributed by atoms with Crippen molar-refractivity contribution in [3.05, 3.63) is 58.6 Å². The van der Waals surface area contributed by atoms with Crippen LogP contribution in [0.15, 0.2) is 42.5 Å². The number of nitrogens with zero attached hydrogens (tertiary/aromatic N) is 4. The summed E-state index contributed by atoms with van der Waals surface area (Å²) in [6.45, 7) is 1.54. The third-order valence-electron chi connectivity index (χ3n) is 3.61. The van der Waals surface area contributed by atoms with E-state index >= 15 is 0 Å². The van der Waals surface area contributed by atoms with E-state index < -0.39 is 29.9 Å². The fourth-order valence-electron chi connectivity index (χ4n) is 2.31. The second kappa shape index (κ2) is 7.36. The van der Waals surface area contributed by atoms with E-state index in [9.17, 15) is 18.0 Å². The third kappa shape index (κ3) is 4.62. The number of tetrazole rings is 1. The molecule has 0 saturated heterocycles. The molecule has 0 aliphatic carbocycles. The minimum Gasteiger partial charge on any atom is -0.324 e. The number of hydrogen-bond acceptors (Lipinski definition) is 4. The van der Waals surface area contributed by atoms with E-state index in [0.29, 0.717) is 11.4 Å². The molecule has 1 heterocycles. The Kier molecular flexibility index (Phi) is 5.13. The van der Waals surface area contributed by atoms with Gasteiger partial charge in [0, 0.05) is 10.6 Å². The lowest BCUT2D eigenvalue weighted by Crippen LogP contribution is -2.22.